The minimum Gasteiger partial charge on any atom is -0.361 e. The van der Waals surface area contributed by atoms with E-state index in [2.05, 4.69) is 25.2 Å². The third-order valence-corrected chi connectivity index (χ3v) is 3.90. The summed E-state index contributed by atoms with van der Waals surface area (Å²) in [5.74, 6) is 2.49. The topological polar surface area (TPSA) is 85.8 Å². The largest absolute Gasteiger partial charge is 0.361 e. The molecule has 1 N–H and O–H groups in total. The van der Waals surface area contributed by atoms with Gasteiger partial charge in [0.2, 0.25) is 5.91 Å². The number of hydrogen-bond acceptors (Lipinski definition) is 5. The molecule has 1 amide bonds. The highest BCUT2D eigenvalue weighted by atomic mass is 16.5. The van der Waals surface area contributed by atoms with Crippen molar-refractivity contribution in [1.82, 2.24) is 25.2 Å². The lowest BCUT2D eigenvalue weighted by Crippen LogP contribution is -2.27. The number of fused-ring (bicyclic) bond motifs is 1. The summed E-state index contributed by atoms with van der Waals surface area (Å²) >= 11 is 0. The van der Waals surface area contributed by atoms with Crippen LogP contribution < -0.4 is 5.32 Å². The Morgan fingerprint density at radius 2 is 2.19 bits per heavy atom. The van der Waals surface area contributed by atoms with Crippen molar-refractivity contribution in [2.75, 3.05) is 0 Å². The summed E-state index contributed by atoms with van der Waals surface area (Å²) in [5.41, 5.74) is 1.62. The van der Waals surface area contributed by atoms with Gasteiger partial charge in [0.25, 0.3) is 0 Å². The molecule has 1 aliphatic rings. The number of rotatable bonds is 4. The van der Waals surface area contributed by atoms with Crippen LogP contribution in [0.2, 0.25) is 0 Å². The SMILES string of the molecule is Cc1noc(C)c1CC(=O)NCc1nnc2n1CCCC2. The Bertz CT molecular complexity index is 639. The molecule has 2 aromatic heterocycles. The summed E-state index contributed by atoms with van der Waals surface area (Å²) in [7, 11) is 0. The van der Waals surface area contributed by atoms with E-state index in [1.54, 1.807) is 0 Å². The zero-order valence-electron chi connectivity index (χ0n) is 12.3. The molecule has 21 heavy (non-hydrogen) atoms. The van der Waals surface area contributed by atoms with Gasteiger partial charge in [-0.05, 0) is 26.7 Å². The van der Waals surface area contributed by atoms with Gasteiger partial charge >= 0.3 is 0 Å². The number of hydrogen-bond donors (Lipinski definition) is 1. The van der Waals surface area contributed by atoms with Crippen LogP contribution in [-0.2, 0) is 30.7 Å². The first-order valence-corrected chi connectivity index (χ1v) is 7.24. The van der Waals surface area contributed by atoms with Gasteiger partial charge in [0.1, 0.15) is 11.6 Å². The molecule has 7 nitrogen and oxygen atoms in total. The van der Waals surface area contributed by atoms with Gasteiger partial charge in [-0.15, -0.1) is 10.2 Å². The van der Waals surface area contributed by atoms with Crippen molar-refractivity contribution in [3.63, 3.8) is 0 Å². The number of amides is 1. The average Bonchev–Trinajstić information content (AvgIpc) is 3.03. The Hall–Kier alpha value is -2.18. The summed E-state index contributed by atoms with van der Waals surface area (Å²) in [4.78, 5) is 12.0. The first-order valence-electron chi connectivity index (χ1n) is 7.24. The average molecular weight is 289 g/mol. The van der Waals surface area contributed by atoms with E-state index >= 15 is 0 Å². The summed E-state index contributed by atoms with van der Waals surface area (Å²) in [6.07, 6.45) is 3.56. The first kappa shape index (κ1) is 13.8. The number of carbonyl (C=O) groups excluding carboxylic acids is 1. The Kier molecular flexibility index (Phi) is 3.72. The highest BCUT2D eigenvalue weighted by Gasteiger charge is 2.17. The summed E-state index contributed by atoms with van der Waals surface area (Å²) < 4.78 is 7.18. The molecule has 1 aliphatic heterocycles. The number of carbonyl (C=O) groups is 1. The van der Waals surface area contributed by atoms with Gasteiger partial charge in [-0.25, -0.2) is 0 Å². The molecule has 0 spiro atoms. The molecule has 3 rings (SSSR count). The van der Waals surface area contributed by atoms with Crippen molar-refractivity contribution in [2.45, 2.75) is 52.6 Å². The first-order chi connectivity index (χ1) is 10.1. The maximum absolute atomic E-state index is 12.0. The molecular formula is C14H19N5O2. The molecule has 0 aromatic carbocycles. The lowest BCUT2D eigenvalue weighted by atomic mass is 10.1. The lowest BCUT2D eigenvalue weighted by Gasteiger charge is -2.14. The Morgan fingerprint density at radius 3 is 2.95 bits per heavy atom. The molecule has 0 unspecified atom stereocenters. The van der Waals surface area contributed by atoms with Crippen LogP contribution in [0.15, 0.2) is 4.52 Å². The van der Waals surface area contributed by atoms with Gasteiger partial charge in [-0.3, -0.25) is 4.79 Å². The van der Waals surface area contributed by atoms with Gasteiger partial charge in [-0.1, -0.05) is 5.16 Å². The van der Waals surface area contributed by atoms with Gasteiger partial charge in [-0.2, -0.15) is 0 Å². The van der Waals surface area contributed by atoms with Crippen LogP contribution in [0.25, 0.3) is 0 Å². The third kappa shape index (κ3) is 2.81. The number of nitrogens with zero attached hydrogens (tertiary/aromatic N) is 4. The normalized spacial score (nSPS) is 14.0. The molecule has 0 aliphatic carbocycles. The van der Waals surface area contributed by atoms with Crippen molar-refractivity contribution in [2.24, 2.45) is 0 Å². The fraction of sp³-hybridized carbons (Fsp3) is 0.571. The molecule has 7 heteroatoms. The molecule has 0 bridgehead atoms. The van der Waals surface area contributed by atoms with Crippen LogP contribution in [0, 0.1) is 13.8 Å². The second kappa shape index (κ2) is 5.67. The van der Waals surface area contributed by atoms with Crippen molar-refractivity contribution < 1.29 is 9.32 Å². The fourth-order valence-corrected chi connectivity index (χ4v) is 2.65. The van der Waals surface area contributed by atoms with E-state index < -0.39 is 0 Å². The van der Waals surface area contributed by atoms with E-state index in [0.29, 0.717) is 12.3 Å². The molecule has 0 atom stereocenters. The summed E-state index contributed by atoms with van der Waals surface area (Å²) in [6, 6.07) is 0. The number of nitrogens with one attached hydrogen (secondary N) is 1. The van der Waals surface area contributed by atoms with Gasteiger partial charge < -0.3 is 14.4 Å². The van der Waals surface area contributed by atoms with Gasteiger partial charge in [0.05, 0.1) is 18.7 Å². The molecular weight excluding hydrogens is 270 g/mol. The Labute approximate surface area is 122 Å². The lowest BCUT2D eigenvalue weighted by molar-refractivity contribution is -0.120. The molecule has 112 valence electrons. The van der Waals surface area contributed by atoms with E-state index in [0.717, 1.165) is 48.7 Å². The van der Waals surface area contributed by atoms with Gasteiger partial charge in [0, 0.05) is 18.5 Å². The number of aryl methyl sites for hydroxylation is 3. The quantitative estimate of drug-likeness (QED) is 0.910. The maximum atomic E-state index is 12.0. The van der Waals surface area contributed by atoms with Crippen LogP contribution in [0.4, 0.5) is 0 Å². The fourth-order valence-electron chi connectivity index (χ4n) is 2.65. The monoisotopic (exact) mass is 289 g/mol. The minimum absolute atomic E-state index is 0.0578. The van der Waals surface area contributed by atoms with Crippen molar-refractivity contribution >= 4 is 5.91 Å². The maximum Gasteiger partial charge on any atom is 0.225 e. The zero-order chi connectivity index (χ0) is 14.8. The Balaban J connectivity index is 1.60. The van der Waals surface area contributed by atoms with E-state index in [1.165, 1.54) is 0 Å². The van der Waals surface area contributed by atoms with Crippen LogP contribution in [0.5, 0.6) is 0 Å². The summed E-state index contributed by atoms with van der Waals surface area (Å²) in [5, 5.41) is 15.1. The third-order valence-electron chi connectivity index (χ3n) is 3.90. The molecule has 0 fully saturated rings. The molecule has 0 radical (unpaired) electrons. The van der Waals surface area contributed by atoms with Crippen molar-refractivity contribution in [1.29, 1.82) is 0 Å². The predicted molar refractivity (Wildman–Crippen MR) is 74.5 cm³/mol. The highest BCUT2D eigenvalue weighted by Crippen LogP contribution is 2.15. The summed E-state index contributed by atoms with van der Waals surface area (Å²) in [6.45, 7) is 5.01. The standard InChI is InChI=1S/C14H19N5O2/c1-9-11(10(2)21-18-9)7-14(20)15-8-13-17-16-12-5-3-4-6-19(12)13/h3-8H2,1-2H3,(H,15,20). The van der Waals surface area contributed by atoms with Gasteiger partial charge in [0.15, 0.2) is 5.82 Å². The Morgan fingerprint density at radius 1 is 1.33 bits per heavy atom. The molecule has 0 saturated carbocycles. The molecule has 0 saturated heterocycles. The van der Waals surface area contributed by atoms with E-state index in [-0.39, 0.29) is 12.3 Å². The highest BCUT2D eigenvalue weighted by molar-refractivity contribution is 5.78. The van der Waals surface area contributed by atoms with E-state index in [1.807, 2.05) is 13.8 Å². The number of aromatic nitrogens is 4. The second-order valence-corrected chi connectivity index (χ2v) is 5.40. The predicted octanol–water partition coefficient (Wildman–Crippen LogP) is 1.08. The van der Waals surface area contributed by atoms with Crippen LogP contribution in [0.3, 0.4) is 0 Å². The van der Waals surface area contributed by atoms with Crippen molar-refractivity contribution in [3.05, 3.63) is 28.7 Å². The zero-order valence-corrected chi connectivity index (χ0v) is 12.3. The molecule has 2 aromatic rings. The van der Waals surface area contributed by atoms with Crippen molar-refractivity contribution in [3.8, 4) is 0 Å². The smallest absolute Gasteiger partial charge is 0.225 e. The van der Waals surface area contributed by atoms with E-state index in [9.17, 15) is 4.79 Å². The minimum atomic E-state index is -0.0578. The second-order valence-electron chi connectivity index (χ2n) is 5.40. The van der Waals surface area contributed by atoms with E-state index in [4.69, 9.17) is 4.52 Å². The van der Waals surface area contributed by atoms with Crippen LogP contribution in [-0.4, -0.2) is 25.8 Å². The van der Waals surface area contributed by atoms with Crippen LogP contribution >= 0.6 is 0 Å². The molecule has 3 heterocycles. The van der Waals surface area contributed by atoms with Crippen LogP contribution in [0.1, 0.15) is 41.5 Å².